The molecule has 6 heteroatoms. The Balaban J connectivity index is 2.30. The summed E-state index contributed by atoms with van der Waals surface area (Å²) in [6.07, 6.45) is 1.79. The zero-order chi connectivity index (χ0) is 13.3. The molecule has 1 aliphatic heterocycles. The van der Waals surface area contributed by atoms with Gasteiger partial charge >= 0.3 is 0 Å². The molecule has 1 heterocycles. The van der Waals surface area contributed by atoms with Crippen LogP contribution in [0.5, 0.6) is 0 Å². The molecule has 2 rings (SSSR count). The van der Waals surface area contributed by atoms with Gasteiger partial charge in [-0.25, -0.2) is 0 Å². The third-order valence-electron chi connectivity index (χ3n) is 2.63. The molecule has 1 saturated heterocycles. The molecule has 1 fully saturated rings. The summed E-state index contributed by atoms with van der Waals surface area (Å²) < 4.78 is 0.580. The Bertz CT molecular complexity index is 507. The van der Waals surface area contributed by atoms with Gasteiger partial charge in [-0.05, 0) is 24.6 Å². The maximum atomic E-state index is 12.2. The number of benzene rings is 1. The fourth-order valence-corrected chi connectivity index (χ4v) is 3.70. The van der Waals surface area contributed by atoms with E-state index in [1.165, 1.54) is 11.8 Å². The van der Waals surface area contributed by atoms with Gasteiger partial charge in [0.25, 0.3) is 0 Å². The van der Waals surface area contributed by atoms with Crippen LogP contribution < -0.4 is 4.90 Å². The molecule has 18 heavy (non-hydrogen) atoms. The molecule has 0 saturated carbocycles. The Morgan fingerprint density at radius 3 is 2.72 bits per heavy atom. The highest BCUT2D eigenvalue weighted by molar-refractivity contribution is 8.25. The molecule has 1 atom stereocenters. The Morgan fingerprint density at radius 1 is 1.39 bits per heavy atom. The number of thiocarbonyl (C=S) groups is 1. The zero-order valence-corrected chi connectivity index (χ0v) is 12.8. The number of anilines is 1. The van der Waals surface area contributed by atoms with Gasteiger partial charge in [-0.15, -0.1) is 0 Å². The molecule has 96 valence electrons. The van der Waals surface area contributed by atoms with Crippen molar-refractivity contribution in [1.29, 1.82) is 0 Å². The quantitative estimate of drug-likeness (QED) is 0.763. The van der Waals surface area contributed by atoms with Crippen LogP contribution in [0.4, 0.5) is 5.69 Å². The predicted octanol–water partition coefficient (Wildman–Crippen LogP) is 4.53. The highest BCUT2D eigenvalue weighted by Crippen LogP contribution is 2.36. The van der Waals surface area contributed by atoms with Crippen LogP contribution >= 0.6 is 47.2 Å². The summed E-state index contributed by atoms with van der Waals surface area (Å²) in [6, 6.07) is 5.10. The molecule has 1 aromatic carbocycles. The molecule has 0 aromatic heterocycles. The molecular weight excluding hydrogens is 309 g/mol. The summed E-state index contributed by atoms with van der Waals surface area (Å²) >= 11 is 18.5. The average molecular weight is 320 g/mol. The van der Waals surface area contributed by atoms with Crippen molar-refractivity contribution in [3.05, 3.63) is 28.2 Å². The van der Waals surface area contributed by atoms with Crippen LogP contribution in [-0.2, 0) is 4.79 Å². The molecule has 1 amide bonds. The Kier molecular flexibility index (Phi) is 4.54. The number of halogens is 2. The zero-order valence-electron chi connectivity index (χ0n) is 9.65. The van der Waals surface area contributed by atoms with Crippen LogP contribution in [-0.4, -0.2) is 15.5 Å². The highest BCUT2D eigenvalue weighted by Gasteiger charge is 2.37. The van der Waals surface area contributed by atoms with E-state index in [-0.39, 0.29) is 11.2 Å². The van der Waals surface area contributed by atoms with Gasteiger partial charge in [-0.3, -0.25) is 9.69 Å². The summed E-state index contributed by atoms with van der Waals surface area (Å²) in [6.45, 7) is 2.05. The van der Waals surface area contributed by atoms with Gasteiger partial charge in [0.1, 0.15) is 4.32 Å². The monoisotopic (exact) mass is 319 g/mol. The number of amides is 1. The first-order chi connectivity index (χ1) is 8.54. The van der Waals surface area contributed by atoms with Crippen molar-refractivity contribution < 1.29 is 4.79 Å². The third kappa shape index (κ3) is 2.67. The third-order valence-corrected chi connectivity index (χ3v) is 4.95. The summed E-state index contributed by atoms with van der Waals surface area (Å²) in [5, 5.41) is 0.821. The number of hydrogen-bond donors (Lipinski definition) is 0. The van der Waals surface area contributed by atoms with Crippen LogP contribution in [0.15, 0.2) is 18.2 Å². The molecule has 1 unspecified atom stereocenters. The minimum atomic E-state index is -0.0723. The van der Waals surface area contributed by atoms with E-state index in [4.69, 9.17) is 35.4 Å². The second-order valence-corrected chi connectivity index (χ2v) is 6.58. The molecular formula is C12H11Cl2NOS2. The number of carbonyl (C=O) groups excluding carboxylic acids is 1. The summed E-state index contributed by atoms with van der Waals surface area (Å²) in [5.41, 5.74) is 0.686. The fourth-order valence-electron chi connectivity index (χ4n) is 1.76. The Labute approximate surface area is 126 Å². The largest absolute Gasteiger partial charge is 0.273 e. The van der Waals surface area contributed by atoms with E-state index in [2.05, 4.69) is 6.92 Å². The van der Waals surface area contributed by atoms with Crippen LogP contribution in [0.3, 0.4) is 0 Å². The van der Waals surface area contributed by atoms with Crippen molar-refractivity contribution in [2.45, 2.75) is 25.0 Å². The first kappa shape index (κ1) is 14.1. The Hall–Kier alpha value is -0.290. The molecule has 1 aliphatic rings. The smallest absolute Gasteiger partial charge is 0.246 e. The highest BCUT2D eigenvalue weighted by atomic mass is 35.5. The summed E-state index contributed by atoms with van der Waals surface area (Å²) in [5.74, 6) is 0.0326. The van der Waals surface area contributed by atoms with Crippen molar-refractivity contribution >= 4 is 63.1 Å². The van der Waals surface area contributed by atoms with E-state index in [0.717, 1.165) is 12.8 Å². The van der Waals surface area contributed by atoms with Crippen LogP contribution in [0.25, 0.3) is 0 Å². The lowest BCUT2D eigenvalue weighted by atomic mass is 10.2. The standard InChI is InChI=1S/C12H11Cl2NOS2/c1-2-3-10-11(16)15(12(17)18-10)7-4-5-8(13)9(14)6-7/h4-6,10H,2-3H2,1H3. The maximum Gasteiger partial charge on any atom is 0.246 e. The second kappa shape index (κ2) is 5.78. The SMILES string of the molecule is CCCC1SC(=S)N(c2ccc(Cl)c(Cl)c2)C1=O. The lowest BCUT2D eigenvalue weighted by Crippen LogP contribution is -2.31. The molecule has 0 N–H and O–H groups in total. The van der Waals surface area contributed by atoms with Gasteiger partial charge in [0.15, 0.2) is 0 Å². The first-order valence-corrected chi connectivity index (χ1v) is 7.58. The minimum absolute atomic E-state index is 0.0326. The second-order valence-electron chi connectivity index (χ2n) is 3.93. The van der Waals surface area contributed by atoms with Crippen LogP contribution in [0, 0.1) is 0 Å². The number of thioether (sulfide) groups is 1. The molecule has 0 spiro atoms. The van der Waals surface area contributed by atoms with E-state index in [9.17, 15) is 4.79 Å². The van der Waals surface area contributed by atoms with E-state index >= 15 is 0 Å². The van der Waals surface area contributed by atoms with Crippen molar-refractivity contribution in [3.63, 3.8) is 0 Å². The van der Waals surface area contributed by atoms with E-state index < -0.39 is 0 Å². The van der Waals surface area contributed by atoms with E-state index in [1.807, 2.05) is 0 Å². The van der Waals surface area contributed by atoms with Crippen molar-refractivity contribution in [2.75, 3.05) is 4.90 Å². The molecule has 2 nitrogen and oxygen atoms in total. The molecule has 0 radical (unpaired) electrons. The minimum Gasteiger partial charge on any atom is -0.273 e. The fraction of sp³-hybridized carbons (Fsp3) is 0.333. The first-order valence-electron chi connectivity index (χ1n) is 5.54. The summed E-state index contributed by atoms with van der Waals surface area (Å²) in [7, 11) is 0. The van der Waals surface area contributed by atoms with E-state index in [0.29, 0.717) is 20.1 Å². The number of rotatable bonds is 3. The van der Waals surface area contributed by atoms with Crippen molar-refractivity contribution in [1.82, 2.24) is 0 Å². The number of nitrogens with zero attached hydrogens (tertiary/aromatic N) is 1. The maximum absolute atomic E-state index is 12.2. The number of hydrogen-bond acceptors (Lipinski definition) is 3. The van der Waals surface area contributed by atoms with Gasteiger partial charge in [-0.2, -0.15) is 0 Å². The van der Waals surface area contributed by atoms with Gasteiger partial charge < -0.3 is 0 Å². The van der Waals surface area contributed by atoms with Gasteiger partial charge in [0.05, 0.1) is 21.0 Å². The molecule has 0 bridgehead atoms. The predicted molar refractivity (Wildman–Crippen MR) is 82.8 cm³/mol. The van der Waals surface area contributed by atoms with Crippen LogP contribution in [0.2, 0.25) is 10.0 Å². The van der Waals surface area contributed by atoms with Gasteiger partial charge in [0.2, 0.25) is 5.91 Å². The summed E-state index contributed by atoms with van der Waals surface area (Å²) in [4.78, 5) is 13.8. The Morgan fingerprint density at radius 2 is 2.11 bits per heavy atom. The lowest BCUT2D eigenvalue weighted by molar-refractivity contribution is -0.117. The molecule has 1 aromatic rings. The molecule has 0 aliphatic carbocycles. The van der Waals surface area contributed by atoms with E-state index in [1.54, 1.807) is 23.1 Å². The van der Waals surface area contributed by atoms with Crippen molar-refractivity contribution in [3.8, 4) is 0 Å². The van der Waals surface area contributed by atoms with Gasteiger partial charge in [0, 0.05) is 0 Å². The average Bonchev–Trinajstić information content (AvgIpc) is 2.59. The van der Waals surface area contributed by atoms with Crippen molar-refractivity contribution in [2.24, 2.45) is 0 Å². The normalized spacial score (nSPS) is 19.7. The lowest BCUT2D eigenvalue weighted by Gasteiger charge is -2.16. The topological polar surface area (TPSA) is 20.3 Å². The van der Waals surface area contributed by atoms with Crippen LogP contribution in [0.1, 0.15) is 19.8 Å². The number of carbonyl (C=O) groups is 1. The van der Waals surface area contributed by atoms with Gasteiger partial charge in [-0.1, -0.05) is 60.5 Å².